The summed E-state index contributed by atoms with van der Waals surface area (Å²) >= 11 is 1.76. The van der Waals surface area contributed by atoms with Gasteiger partial charge in [-0.15, -0.1) is 0 Å². The van der Waals surface area contributed by atoms with Crippen LogP contribution in [0.15, 0.2) is 0 Å². The standard InChI is InChI=1S/C12H22N2OS/c1-16-9-6-12(15)14-8-3-5-11(14)10-4-2-7-13-10/h10-11,13H,2-9H2,1H3. The summed E-state index contributed by atoms with van der Waals surface area (Å²) < 4.78 is 0. The zero-order valence-electron chi connectivity index (χ0n) is 10.1. The SMILES string of the molecule is CSCCC(=O)N1CCCC1C1CCCN1. The fourth-order valence-corrected chi connectivity index (χ4v) is 3.27. The van der Waals surface area contributed by atoms with Gasteiger partial charge in [-0.2, -0.15) is 11.8 Å². The summed E-state index contributed by atoms with van der Waals surface area (Å²) in [5, 5.41) is 3.54. The average Bonchev–Trinajstić information content (AvgIpc) is 2.94. The molecule has 1 amide bonds. The van der Waals surface area contributed by atoms with Crippen LogP contribution in [0.5, 0.6) is 0 Å². The highest BCUT2D eigenvalue weighted by Crippen LogP contribution is 2.25. The van der Waals surface area contributed by atoms with E-state index in [4.69, 9.17) is 0 Å². The number of nitrogens with one attached hydrogen (secondary N) is 1. The quantitative estimate of drug-likeness (QED) is 0.810. The summed E-state index contributed by atoms with van der Waals surface area (Å²) in [6.45, 7) is 2.12. The topological polar surface area (TPSA) is 32.3 Å². The van der Waals surface area contributed by atoms with E-state index in [1.807, 2.05) is 0 Å². The monoisotopic (exact) mass is 242 g/mol. The van der Waals surface area contributed by atoms with Gasteiger partial charge in [-0.05, 0) is 38.5 Å². The Kier molecular flexibility index (Phi) is 4.53. The van der Waals surface area contributed by atoms with Gasteiger partial charge >= 0.3 is 0 Å². The maximum atomic E-state index is 12.1. The van der Waals surface area contributed by atoms with Gasteiger partial charge < -0.3 is 10.2 Å². The van der Waals surface area contributed by atoms with Crippen molar-refractivity contribution >= 4 is 17.7 Å². The van der Waals surface area contributed by atoms with Crippen LogP contribution in [0.4, 0.5) is 0 Å². The van der Waals surface area contributed by atoms with Crippen LogP contribution in [-0.4, -0.2) is 48.0 Å². The highest BCUT2D eigenvalue weighted by atomic mass is 32.2. The molecule has 2 atom stereocenters. The molecule has 2 aliphatic heterocycles. The predicted octanol–water partition coefficient (Wildman–Crippen LogP) is 1.48. The zero-order chi connectivity index (χ0) is 11.4. The average molecular weight is 242 g/mol. The summed E-state index contributed by atoms with van der Waals surface area (Å²) in [7, 11) is 0. The van der Waals surface area contributed by atoms with E-state index in [9.17, 15) is 4.79 Å². The van der Waals surface area contributed by atoms with E-state index in [2.05, 4.69) is 16.5 Å². The van der Waals surface area contributed by atoms with E-state index in [0.29, 0.717) is 24.4 Å². The van der Waals surface area contributed by atoms with Crippen LogP contribution < -0.4 is 5.32 Å². The third kappa shape index (κ3) is 2.72. The van der Waals surface area contributed by atoms with Gasteiger partial charge in [0, 0.05) is 30.8 Å². The number of carbonyl (C=O) groups excluding carboxylic acids is 1. The van der Waals surface area contributed by atoms with E-state index in [1.165, 1.54) is 25.7 Å². The van der Waals surface area contributed by atoms with Gasteiger partial charge in [-0.1, -0.05) is 0 Å². The van der Waals surface area contributed by atoms with E-state index >= 15 is 0 Å². The van der Waals surface area contributed by atoms with E-state index in [1.54, 1.807) is 11.8 Å². The lowest BCUT2D eigenvalue weighted by Gasteiger charge is -2.29. The van der Waals surface area contributed by atoms with Crippen molar-refractivity contribution in [2.75, 3.05) is 25.1 Å². The molecule has 1 N–H and O–H groups in total. The highest BCUT2D eigenvalue weighted by molar-refractivity contribution is 7.98. The molecule has 0 bridgehead atoms. The Morgan fingerprint density at radius 2 is 2.31 bits per heavy atom. The molecule has 16 heavy (non-hydrogen) atoms. The summed E-state index contributed by atoms with van der Waals surface area (Å²) in [4.78, 5) is 14.2. The molecule has 0 spiro atoms. The van der Waals surface area contributed by atoms with E-state index < -0.39 is 0 Å². The fourth-order valence-electron chi connectivity index (χ4n) is 2.89. The van der Waals surface area contributed by atoms with Crippen molar-refractivity contribution in [1.29, 1.82) is 0 Å². The van der Waals surface area contributed by atoms with Gasteiger partial charge in [0.05, 0.1) is 0 Å². The van der Waals surface area contributed by atoms with Crippen LogP contribution in [0.2, 0.25) is 0 Å². The Morgan fingerprint density at radius 1 is 1.44 bits per heavy atom. The molecule has 2 fully saturated rings. The van der Waals surface area contributed by atoms with Gasteiger partial charge in [-0.3, -0.25) is 4.79 Å². The number of nitrogens with zero attached hydrogens (tertiary/aromatic N) is 1. The lowest BCUT2D eigenvalue weighted by Crippen LogP contribution is -2.46. The molecule has 92 valence electrons. The molecule has 2 saturated heterocycles. The minimum atomic E-state index is 0.366. The highest BCUT2D eigenvalue weighted by Gasteiger charge is 2.35. The molecule has 0 aromatic heterocycles. The smallest absolute Gasteiger partial charge is 0.223 e. The summed E-state index contributed by atoms with van der Waals surface area (Å²) in [5.74, 6) is 1.32. The van der Waals surface area contributed by atoms with Gasteiger partial charge in [0.15, 0.2) is 0 Å². The van der Waals surface area contributed by atoms with Crippen LogP contribution in [-0.2, 0) is 4.79 Å². The third-order valence-corrected chi connectivity index (χ3v) is 4.31. The van der Waals surface area contributed by atoms with Crippen LogP contribution in [0.3, 0.4) is 0 Å². The number of carbonyl (C=O) groups is 1. The number of likely N-dealkylation sites (tertiary alicyclic amines) is 1. The van der Waals surface area contributed by atoms with Gasteiger partial charge in [0.25, 0.3) is 0 Å². The van der Waals surface area contributed by atoms with Gasteiger partial charge in [-0.25, -0.2) is 0 Å². The molecule has 0 aliphatic carbocycles. The molecule has 4 heteroatoms. The van der Waals surface area contributed by atoms with Gasteiger partial charge in [0.2, 0.25) is 5.91 Å². The third-order valence-electron chi connectivity index (χ3n) is 3.70. The first-order chi connectivity index (χ1) is 7.83. The Hall–Kier alpha value is -0.220. The number of thioether (sulfide) groups is 1. The van der Waals surface area contributed by atoms with Crippen LogP contribution >= 0.6 is 11.8 Å². The first kappa shape index (κ1) is 12.2. The molecule has 2 heterocycles. The Labute approximate surface area is 102 Å². The number of rotatable bonds is 4. The fraction of sp³-hybridized carbons (Fsp3) is 0.917. The molecule has 2 aliphatic rings. The summed E-state index contributed by atoms with van der Waals surface area (Å²) in [6.07, 6.45) is 7.68. The molecule has 0 aromatic carbocycles. The van der Waals surface area contributed by atoms with E-state index in [0.717, 1.165) is 18.8 Å². The van der Waals surface area contributed by atoms with Crippen molar-refractivity contribution in [3.8, 4) is 0 Å². The molecule has 0 saturated carbocycles. The largest absolute Gasteiger partial charge is 0.338 e. The van der Waals surface area contributed by atoms with Crippen molar-refractivity contribution in [3.63, 3.8) is 0 Å². The van der Waals surface area contributed by atoms with E-state index in [-0.39, 0.29) is 0 Å². The zero-order valence-corrected chi connectivity index (χ0v) is 10.9. The molecule has 0 radical (unpaired) electrons. The molecular formula is C12H22N2OS. The second kappa shape index (κ2) is 5.92. The van der Waals surface area contributed by atoms with Crippen molar-refractivity contribution < 1.29 is 4.79 Å². The molecular weight excluding hydrogens is 220 g/mol. The predicted molar refractivity (Wildman–Crippen MR) is 68.8 cm³/mol. The molecule has 2 unspecified atom stereocenters. The van der Waals surface area contributed by atoms with Crippen molar-refractivity contribution in [2.45, 2.75) is 44.2 Å². The van der Waals surface area contributed by atoms with Crippen LogP contribution in [0.1, 0.15) is 32.1 Å². The lowest BCUT2D eigenvalue weighted by atomic mass is 10.0. The maximum absolute atomic E-state index is 12.1. The Morgan fingerprint density at radius 3 is 3.00 bits per heavy atom. The number of amides is 1. The summed E-state index contributed by atoms with van der Waals surface area (Å²) in [6, 6.07) is 1.05. The second-order valence-electron chi connectivity index (χ2n) is 4.74. The Balaban J connectivity index is 1.89. The Bertz CT molecular complexity index is 241. The normalized spacial score (nSPS) is 29.9. The minimum Gasteiger partial charge on any atom is -0.338 e. The molecule has 0 aromatic rings. The second-order valence-corrected chi connectivity index (χ2v) is 5.73. The minimum absolute atomic E-state index is 0.366. The molecule has 2 rings (SSSR count). The molecule has 3 nitrogen and oxygen atoms in total. The maximum Gasteiger partial charge on any atom is 0.223 e. The number of hydrogen-bond acceptors (Lipinski definition) is 3. The van der Waals surface area contributed by atoms with Crippen LogP contribution in [0.25, 0.3) is 0 Å². The van der Waals surface area contributed by atoms with Gasteiger partial charge in [0.1, 0.15) is 0 Å². The van der Waals surface area contributed by atoms with Crippen molar-refractivity contribution in [1.82, 2.24) is 10.2 Å². The first-order valence-electron chi connectivity index (χ1n) is 6.34. The first-order valence-corrected chi connectivity index (χ1v) is 7.74. The lowest BCUT2D eigenvalue weighted by molar-refractivity contribution is -0.132. The van der Waals surface area contributed by atoms with Crippen molar-refractivity contribution in [3.05, 3.63) is 0 Å². The van der Waals surface area contributed by atoms with Crippen molar-refractivity contribution in [2.24, 2.45) is 0 Å². The summed E-state index contributed by atoms with van der Waals surface area (Å²) in [5.41, 5.74) is 0. The van der Waals surface area contributed by atoms with Crippen LogP contribution in [0, 0.1) is 0 Å². The number of hydrogen-bond donors (Lipinski definition) is 1.